The van der Waals surface area contributed by atoms with E-state index >= 15 is 0 Å². The van der Waals surface area contributed by atoms with Crippen molar-refractivity contribution in [2.24, 2.45) is 0 Å². The lowest BCUT2D eigenvalue weighted by molar-refractivity contribution is 0.570. The molecule has 0 bridgehead atoms. The number of rotatable bonds is 6. The molecule has 1 atom stereocenters. The Hall–Kier alpha value is -1.32. The normalized spacial score (nSPS) is 16.1. The van der Waals surface area contributed by atoms with E-state index in [0.29, 0.717) is 12.0 Å². The predicted octanol–water partition coefficient (Wildman–Crippen LogP) is 4.46. The summed E-state index contributed by atoms with van der Waals surface area (Å²) < 4.78 is 1.89. The van der Waals surface area contributed by atoms with E-state index in [1.54, 1.807) is 0 Å². The summed E-state index contributed by atoms with van der Waals surface area (Å²) in [6, 6.07) is 8.66. The van der Waals surface area contributed by atoms with Crippen molar-refractivity contribution in [3.05, 3.63) is 46.7 Å². The summed E-state index contributed by atoms with van der Waals surface area (Å²) in [7, 11) is 0. The summed E-state index contributed by atoms with van der Waals surface area (Å²) in [6.07, 6.45) is 5.68. The van der Waals surface area contributed by atoms with Crippen LogP contribution in [0.4, 0.5) is 0 Å². The zero-order valence-corrected chi connectivity index (χ0v) is 13.4. The first-order valence-electron chi connectivity index (χ1n) is 7.77. The molecule has 2 aromatic rings. The van der Waals surface area contributed by atoms with Gasteiger partial charge in [0.15, 0.2) is 0 Å². The van der Waals surface area contributed by atoms with Crippen molar-refractivity contribution in [2.45, 2.75) is 45.1 Å². The maximum Gasteiger partial charge on any atom is 0.0832 e. The molecule has 0 radical (unpaired) electrons. The highest BCUT2D eigenvalue weighted by Gasteiger charge is 2.26. The van der Waals surface area contributed by atoms with Crippen molar-refractivity contribution in [3.63, 3.8) is 0 Å². The van der Waals surface area contributed by atoms with E-state index < -0.39 is 0 Å². The van der Waals surface area contributed by atoms with E-state index in [2.05, 4.69) is 42.5 Å². The Kier molecular flexibility index (Phi) is 4.32. The Labute approximate surface area is 131 Å². The van der Waals surface area contributed by atoms with E-state index in [1.165, 1.54) is 24.1 Å². The number of hydrogen-bond donors (Lipinski definition) is 1. The summed E-state index contributed by atoms with van der Waals surface area (Å²) in [4.78, 5) is 0. The zero-order chi connectivity index (χ0) is 14.8. The first-order chi connectivity index (χ1) is 10.2. The van der Waals surface area contributed by atoms with E-state index in [1.807, 2.05) is 16.9 Å². The smallest absolute Gasteiger partial charge is 0.0832 e. The molecule has 0 saturated heterocycles. The molecule has 1 saturated carbocycles. The second kappa shape index (κ2) is 6.20. The van der Waals surface area contributed by atoms with Gasteiger partial charge in [0.25, 0.3) is 0 Å². The van der Waals surface area contributed by atoms with Gasteiger partial charge in [-0.15, -0.1) is 0 Å². The first kappa shape index (κ1) is 14.6. The van der Waals surface area contributed by atoms with Crippen molar-refractivity contribution >= 4 is 11.6 Å². The fourth-order valence-electron chi connectivity index (χ4n) is 2.53. The van der Waals surface area contributed by atoms with Crippen molar-refractivity contribution in [3.8, 4) is 5.69 Å². The lowest BCUT2D eigenvalue weighted by Crippen LogP contribution is -2.19. The first-order valence-corrected chi connectivity index (χ1v) is 8.15. The van der Waals surface area contributed by atoms with E-state index in [-0.39, 0.29) is 0 Å². The zero-order valence-electron chi connectivity index (χ0n) is 12.6. The average molecular weight is 304 g/mol. The van der Waals surface area contributed by atoms with Crippen LogP contribution in [0.15, 0.2) is 30.5 Å². The van der Waals surface area contributed by atoms with Gasteiger partial charge < -0.3 is 5.32 Å². The molecular weight excluding hydrogens is 282 g/mol. The van der Waals surface area contributed by atoms with Gasteiger partial charge in [-0.2, -0.15) is 5.10 Å². The standard InChI is InChI=1S/C17H22ClN3/c1-3-9-19-12(2)14-6-7-17(15(18)11-14)21-10-8-16(20-21)13-4-5-13/h6-8,10-13,19H,3-5,9H2,1-2H3. The number of aromatic nitrogens is 2. The average Bonchev–Trinajstić information content (AvgIpc) is 3.23. The molecule has 3 rings (SSSR count). The van der Waals surface area contributed by atoms with E-state index in [4.69, 9.17) is 11.6 Å². The van der Waals surface area contributed by atoms with Gasteiger partial charge >= 0.3 is 0 Å². The van der Waals surface area contributed by atoms with Crippen LogP contribution in [0.5, 0.6) is 0 Å². The van der Waals surface area contributed by atoms with Gasteiger partial charge in [0.2, 0.25) is 0 Å². The van der Waals surface area contributed by atoms with Crippen LogP contribution in [0, 0.1) is 0 Å². The monoisotopic (exact) mass is 303 g/mol. The molecule has 0 aliphatic heterocycles. The van der Waals surface area contributed by atoms with E-state index in [0.717, 1.165) is 23.7 Å². The topological polar surface area (TPSA) is 29.9 Å². The Bertz CT molecular complexity index is 616. The molecule has 0 spiro atoms. The highest BCUT2D eigenvalue weighted by atomic mass is 35.5. The second-order valence-electron chi connectivity index (χ2n) is 5.85. The van der Waals surface area contributed by atoms with Crippen LogP contribution >= 0.6 is 11.6 Å². The molecule has 1 aliphatic carbocycles. The molecule has 1 aromatic carbocycles. The van der Waals surface area contributed by atoms with Gasteiger partial charge in [-0.1, -0.05) is 24.6 Å². The maximum absolute atomic E-state index is 6.46. The molecule has 4 heteroatoms. The molecule has 21 heavy (non-hydrogen) atoms. The van der Waals surface area contributed by atoms with Gasteiger partial charge in [-0.25, -0.2) is 4.68 Å². The Balaban J connectivity index is 1.79. The van der Waals surface area contributed by atoms with Crippen LogP contribution in [0.2, 0.25) is 5.02 Å². The third-order valence-electron chi connectivity index (χ3n) is 4.02. The Morgan fingerprint density at radius 2 is 2.19 bits per heavy atom. The van der Waals surface area contributed by atoms with Crippen LogP contribution in [-0.2, 0) is 0 Å². The maximum atomic E-state index is 6.46. The number of halogens is 1. The summed E-state index contributed by atoms with van der Waals surface area (Å²) in [5.74, 6) is 0.669. The number of benzene rings is 1. The summed E-state index contributed by atoms with van der Waals surface area (Å²) in [5.41, 5.74) is 3.36. The highest BCUT2D eigenvalue weighted by molar-refractivity contribution is 6.32. The largest absolute Gasteiger partial charge is 0.310 e. The Morgan fingerprint density at radius 1 is 1.38 bits per heavy atom. The quantitative estimate of drug-likeness (QED) is 0.853. The van der Waals surface area contributed by atoms with Crippen LogP contribution in [0.25, 0.3) is 5.69 Å². The van der Waals surface area contributed by atoms with E-state index in [9.17, 15) is 0 Å². The van der Waals surface area contributed by atoms with Crippen molar-refractivity contribution in [1.29, 1.82) is 0 Å². The SMILES string of the molecule is CCCNC(C)c1ccc(-n2ccc(C3CC3)n2)c(Cl)c1. The number of hydrogen-bond acceptors (Lipinski definition) is 2. The van der Waals surface area contributed by atoms with Crippen LogP contribution in [-0.4, -0.2) is 16.3 Å². The summed E-state index contributed by atoms with van der Waals surface area (Å²) in [6.45, 7) is 5.36. The van der Waals surface area contributed by atoms with Crippen molar-refractivity contribution < 1.29 is 0 Å². The van der Waals surface area contributed by atoms with Crippen molar-refractivity contribution in [1.82, 2.24) is 15.1 Å². The highest BCUT2D eigenvalue weighted by Crippen LogP contribution is 2.39. The molecule has 1 aliphatic rings. The lowest BCUT2D eigenvalue weighted by atomic mass is 10.1. The third-order valence-corrected chi connectivity index (χ3v) is 4.33. The molecule has 1 aromatic heterocycles. The minimum absolute atomic E-state index is 0.316. The van der Waals surface area contributed by atoms with Crippen LogP contribution in [0.3, 0.4) is 0 Å². The number of nitrogens with one attached hydrogen (secondary N) is 1. The molecule has 1 fully saturated rings. The van der Waals surface area contributed by atoms with Crippen LogP contribution in [0.1, 0.15) is 56.3 Å². The molecule has 1 unspecified atom stereocenters. The molecule has 0 amide bonds. The fraction of sp³-hybridized carbons (Fsp3) is 0.471. The lowest BCUT2D eigenvalue weighted by Gasteiger charge is -2.15. The number of nitrogens with zero attached hydrogens (tertiary/aromatic N) is 2. The molecule has 112 valence electrons. The minimum atomic E-state index is 0.316. The van der Waals surface area contributed by atoms with Gasteiger partial charge in [-0.05, 0) is 56.5 Å². The van der Waals surface area contributed by atoms with Crippen LogP contribution < -0.4 is 5.32 Å². The molecule has 3 nitrogen and oxygen atoms in total. The summed E-state index contributed by atoms with van der Waals surface area (Å²) in [5, 5.41) is 8.88. The van der Waals surface area contributed by atoms with Gasteiger partial charge in [-0.3, -0.25) is 0 Å². The third kappa shape index (κ3) is 3.30. The minimum Gasteiger partial charge on any atom is -0.310 e. The van der Waals surface area contributed by atoms with Gasteiger partial charge in [0, 0.05) is 18.2 Å². The molecule has 1 N–H and O–H groups in total. The molecule has 1 heterocycles. The Morgan fingerprint density at radius 3 is 2.86 bits per heavy atom. The second-order valence-corrected chi connectivity index (χ2v) is 6.25. The fourth-order valence-corrected chi connectivity index (χ4v) is 2.80. The van der Waals surface area contributed by atoms with Crippen molar-refractivity contribution in [2.75, 3.05) is 6.54 Å². The van der Waals surface area contributed by atoms with Gasteiger partial charge in [0.1, 0.15) is 0 Å². The summed E-state index contributed by atoms with van der Waals surface area (Å²) >= 11 is 6.46. The van der Waals surface area contributed by atoms with Gasteiger partial charge in [0.05, 0.1) is 16.4 Å². The molecular formula is C17H22ClN3. The predicted molar refractivity (Wildman–Crippen MR) is 87.3 cm³/mol.